The number of carbonyl (C=O) groups excluding carboxylic acids is 2. The summed E-state index contributed by atoms with van der Waals surface area (Å²) >= 11 is 0. The SMILES string of the molecule is O=C(CCn1cnc2ccccc2c1=O)Nc1ccc(NC(=O)c2ccco2)cc1C(F)(F)F. The zero-order valence-corrected chi connectivity index (χ0v) is 17.4. The van der Waals surface area contributed by atoms with Crippen LogP contribution in [0.5, 0.6) is 0 Å². The number of furan rings is 1. The monoisotopic (exact) mass is 470 g/mol. The smallest absolute Gasteiger partial charge is 0.418 e. The predicted molar refractivity (Wildman–Crippen MR) is 117 cm³/mol. The van der Waals surface area contributed by atoms with Crippen LogP contribution in [0.1, 0.15) is 22.5 Å². The van der Waals surface area contributed by atoms with Crippen LogP contribution in [-0.2, 0) is 17.5 Å². The van der Waals surface area contributed by atoms with Crippen LogP contribution in [0.15, 0.2) is 76.4 Å². The van der Waals surface area contributed by atoms with Crippen molar-refractivity contribution in [1.29, 1.82) is 0 Å². The lowest BCUT2D eigenvalue weighted by Crippen LogP contribution is -2.24. The van der Waals surface area contributed by atoms with Crippen LogP contribution in [0.4, 0.5) is 24.5 Å². The van der Waals surface area contributed by atoms with E-state index >= 15 is 0 Å². The average molecular weight is 470 g/mol. The fraction of sp³-hybridized carbons (Fsp3) is 0.130. The summed E-state index contributed by atoms with van der Waals surface area (Å²) in [7, 11) is 0. The standard InChI is InChI=1S/C23H17F3N4O4/c24-23(25,26)16-12-14(28-21(32)19-6-3-11-34-19)7-8-18(16)29-20(31)9-10-30-13-27-17-5-2-1-4-15(17)22(30)33/h1-8,11-13H,9-10H2,(H,28,32)(H,29,31). The number of anilines is 2. The van der Waals surface area contributed by atoms with Gasteiger partial charge in [0, 0.05) is 18.7 Å². The molecule has 2 heterocycles. The van der Waals surface area contributed by atoms with E-state index in [1.165, 1.54) is 35.4 Å². The maximum atomic E-state index is 13.6. The summed E-state index contributed by atoms with van der Waals surface area (Å²) in [5.41, 5.74) is -1.59. The topological polar surface area (TPSA) is 106 Å². The highest BCUT2D eigenvalue weighted by molar-refractivity contribution is 6.02. The third kappa shape index (κ3) is 4.98. The number of hydrogen-bond acceptors (Lipinski definition) is 5. The minimum absolute atomic E-state index is 0.0654. The van der Waals surface area contributed by atoms with E-state index in [-0.39, 0.29) is 30.0 Å². The molecule has 4 rings (SSSR count). The van der Waals surface area contributed by atoms with Crippen molar-refractivity contribution in [3.63, 3.8) is 0 Å². The number of alkyl halides is 3. The van der Waals surface area contributed by atoms with Crippen molar-refractivity contribution < 1.29 is 27.2 Å². The highest BCUT2D eigenvalue weighted by Gasteiger charge is 2.34. The third-order valence-electron chi connectivity index (χ3n) is 4.91. The van der Waals surface area contributed by atoms with Crippen LogP contribution in [-0.4, -0.2) is 21.4 Å². The molecular weight excluding hydrogens is 453 g/mol. The summed E-state index contributed by atoms with van der Waals surface area (Å²) < 4.78 is 47.0. The lowest BCUT2D eigenvalue weighted by atomic mass is 10.1. The van der Waals surface area contributed by atoms with Crippen LogP contribution in [0.3, 0.4) is 0 Å². The van der Waals surface area contributed by atoms with Gasteiger partial charge in [-0.25, -0.2) is 4.98 Å². The van der Waals surface area contributed by atoms with Crippen LogP contribution in [0, 0.1) is 0 Å². The minimum atomic E-state index is -4.80. The molecule has 8 nitrogen and oxygen atoms in total. The van der Waals surface area contributed by atoms with Gasteiger partial charge in [-0.3, -0.25) is 19.0 Å². The predicted octanol–water partition coefficient (Wildman–Crippen LogP) is 4.29. The molecule has 34 heavy (non-hydrogen) atoms. The first-order valence-corrected chi connectivity index (χ1v) is 10.0. The van der Waals surface area contributed by atoms with Gasteiger partial charge < -0.3 is 15.1 Å². The summed E-state index contributed by atoms with van der Waals surface area (Å²) in [5, 5.41) is 4.91. The van der Waals surface area contributed by atoms with Crippen LogP contribution < -0.4 is 16.2 Å². The number of amides is 2. The highest BCUT2D eigenvalue weighted by Crippen LogP contribution is 2.36. The van der Waals surface area contributed by atoms with Gasteiger partial charge in [-0.15, -0.1) is 0 Å². The Labute approximate surface area is 190 Å². The average Bonchev–Trinajstić information content (AvgIpc) is 3.34. The Kier molecular flexibility index (Phi) is 6.17. The molecule has 0 aliphatic carbocycles. The maximum absolute atomic E-state index is 13.6. The Morgan fingerprint density at radius 3 is 2.56 bits per heavy atom. The number of halogens is 3. The van der Waals surface area contributed by atoms with E-state index in [0.717, 1.165) is 6.07 Å². The van der Waals surface area contributed by atoms with Gasteiger partial charge in [-0.2, -0.15) is 13.2 Å². The first-order chi connectivity index (χ1) is 16.2. The maximum Gasteiger partial charge on any atom is 0.418 e. The molecule has 2 aromatic heterocycles. The highest BCUT2D eigenvalue weighted by atomic mass is 19.4. The molecule has 0 unspecified atom stereocenters. The Balaban J connectivity index is 1.48. The van der Waals surface area contributed by atoms with Gasteiger partial charge in [0.1, 0.15) is 0 Å². The van der Waals surface area contributed by atoms with Gasteiger partial charge in [0.2, 0.25) is 5.91 Å². The van der Waals surface area contributed by atoms with Gasteiger partial charge in [0.15, 0.2) is 5.76 Å². The second kappa shape index (κ2) is 9.22. The molecule has 2 aromatic carbocycles. The van der Waals surface area contributed by atoms with Gasteiger partial charge in [0.05, 0.1) is 34.7 Å². The van der Waals surface area contributed by atoms with Gasteiger partial charge >= 0.3 is 6.18 Å². The summed E-state index contributed by atoms with van der Waals surface area (Å²) in [6.07, 6.45) is -2.51. The second-order valence-electron chi connectivity index (χ2n) is 7.25. The number of rotatable bonds is 6. The quantitative estimate of drug-likeness (QED) is 0.437. The molecule has 4 aromatic rings. The van der Waals surface area contributed by atoms with Crippen molar-refractivity contribution in [1.82, 2.24) is 9.55 Å². The normalized spacial score (nSPS) is 11.4. The van der Waals surface area contributed by atoms with Crippen molar-refractivity contribution in [2.24, 2.45) is 0 Å². The summed E-state index contributed by atoms with van der Waals surface area (Å²) in [5.74, 6) is -1.51. The Hall–Kier alpha value is -4.41. The number of para-hydroxylation sites is 1. The van der Waals surface area contributed by atoms with Gasteiger partial charge in [-0.05, 0) is 42.5 Å². The molecule has 0 saturated carbocycles. The molecule has 11 heteroatoms. The molecule has 0 spiro atoms. The fourth-order valence-corrected chi connectivity index (χ4v) is 3.27. The van der Waals surface area contributed by atoms with E-state index in [4.69, 9.17) is 4.42 Å². The van der Waals surface area contributed by atoms with E-state index < -0.39 is 29.2 Å². The summed E-state index contributed by atoms with van der Waals surface area (Å²) in [6.45, 7) is -0.0683. The summed E-state index contributed by atoms with van der Waals surface area (Å²) in [4.78, 5) is 41.0. The third-order valence-corrected chi connectivity index (χ3v) is 4.91. The lowest BCUT2D eigenvalue weighted by molar-refractivity contribution is -0.136. The van der Waals surface area contributed by atoms with E-state index in [2.05, 4.69) is 15.6 Å². The number of aryl methyl sites for hydroxylation is 1. The van der Waals surface area contributed by atoms with Crippen molar-refractivity contribution in [3.05, 3.63) is 88.9 Å². The van der Waals surface area contributed by atoms with Crippen LogP contribution in [0.2, 0.25) is 0 Å². The fourth-order valence-electron chi connectivity index (χ4n) is 3.27. The number of nitrogens with one attached hydrogen (secondary N) is 2. The molecule has 0 aliphatic heterocycles. The first-order valence-electron chi connectivity index (χ1n) is 10.0. The number of aromatic nitrogens is 2. The molecular formula is C23H17F3N4O4. The van der Waals surface area contributed by atoms with E-state index in [1.54, 1.807) is 24.3 Å². The number of benzene rings is 2. The van der Waals surface area contributed by atoms with Gasteiger partial charge in [0.25, 0.3) is 11.5 Å². The van der Waals surface area contributed by atoms with E-state index in [0.29, 0.717) is 17.0 Å². The largest absolute Gasteiger partial charge is 0.459 e. The molecule has 0 saturated heterocycles. The number of nitrogens with zero attached hydrogens (tertiary/aromatic N) is 2. The molecule has 2 N–H and O–H groups in total. The number of fused-ring (bicyclic) bond motifs is 1. The molecule has 174 valence electrons. The van der Waals surface area contributed by atoms with E-state index in [1.807, 2.05) is 0 Å². The van der Waals surface area contributed by atoms with E-state index in [9.17, 15) is 27.6 Å². The Bertz CT molecular complexity index is 1410. The number of hydrogen-bond donors (Lipinski definition) is 2. The Morgan fingerprint density at radius 1 is 1.03 bits per heavy atom. The molecule has 0 bridgehead atoms. The van der Waals surface area contributed by atoms with Crippen molar-refractivity contribution in [2.45, 2.75) is 19.1 Å². The summed E-state index contributed by atoms with van der Waals surface area (Å²) in [6, 6.07) is 12.5. The first kappa shape index (κ1) is 22.8. The Morgan fingerprint density at radius 2 is 1.82 bits per heavy atom. The minimum Gasteiger partial charge on any atom is -0.459 e. The van der Waals surface area contributed by atoms with Crippen molar-refractivity contribution in [3.8, 4) is 0 Å². The molecule has 0 radical (unpaired) electrons. The molecule has 0 atom stereocenters. The van der Waals surface area contributed by atoms with Crippen molar-refractivity contribution >= 4 is 34.1 Å². The molecule has 0 aliphatic rings. The molecule has 0 fully saturated rings. The number of carbonyl (C=O) groups is 2. The lowest BCUT2D eigenvalue weighted by Gasteiger charge is -2.16. The van der Waals surface area contributed by atoms with Crippen molar-refractivity contribution in [2.75, 3.05) is 10.6 Å². The van der Waals surface area contributed by atoms with Crippen LogP contribution >= 0.6 is 0 Å². The second-order valence-corrected chi connectivity index (χ2v) is 7.25. The molecule has 2 amide bonds. The zero-order valence-electron chi connectivity index (χ0n) is 17.4. The van der Waals surface area contributed by atoms with Crippen LogP contribution in [0.25, 0.3) is 10.9 Å². The van der Waals surface area contributed by atoms with Gasteiger partial charge in [-0.1, -0.05) is 12.1 Å². The zero-order chi connectivity index (χ0) is 24.3.